The zero-order valence-corrected chi connectivity index (χ0v) is 10.6. The Morgan fingerprint density at radius 3 is 2.47 bits per heavy atom. The second kappa shape index (κ2) is 4.69. The highest BCUT2D eigenvalue weighted by atomic mass is 32.2. The Labute approximate surface area is 110 Å². The van der Waals surface area contributed by atoms with Gasteiger partial charge < -0.3 is 15.9 Å². The van der Waals surface area contributed by atoms with Crippen LogP contribution in [0.5, 0.6) is 11.5 Å². The standard InChI is InChI=1S/C12H12N2O4S/c13-8-2-1-3-9(6-8)14-19(17,18)12-7-10(15)4-5-11(12)16/h1-7,14-16H,13H2. The van der Waals surface area contributed by atoms with Gasteiger partial charge in [-0.15, -0.1) is 0 Å². The van der Waals surface area contributed by atoms with Gasteiger partial charge in [0.25, 0.3) is 10.0 Å². The van der Waals surface area contributed by atoms with E-state index in [4.69, 9.17) is 5.73 Å². The monoisotopic (exact) mass is 280 g/mol. The number of benzene rings is 2. The molecule has 100 valence electrons. The van der Waals surface area contributed by atoms with Crippen LogP contribution in [-0.2, 0) is 10.0 Å². The highest BCUT2D eigenvalue weighted by molar-refractivity contribution is 7.92. The smallest absolute Gasteiger partial charge is 0.265 e. The second-order valence-corrected chi connectivity index (χ2v) is 5.53. The molecule has 0 atom stereocenters. The van der Waals surface area contributed by atoms with Gasteiger partial charge in [-0.2, -0.15) is 0 Å². The predicted molar refractivity (Wildman–Crippen MR) is 71.4 cm³/mol. The highest BCUT2D eigenvalue weighted by Crippen LogP contribution is 2.28. The third-order valence-electron chi connectivity index (χ3n) is 2.37. The molecule has 0 amide bonds. The first kappa shape index (κ1) is 13.0. The maximum Gasteiger partial charge on any atom is 0.265 e. The zero-order chi connectivity index (χ0) is 14.0. The molecule has 0 unspecified atom stereocenters. The molecule has 0 fully saturated rings. The molecule has 0 aromatic heterocycles. The lowest BCUT2D eigenvalue weighted by Gasteiger charge is -2.10. The number of phenolic OH excluding ortho intramolecular Hbond substituents is 2. The SMILES string of the molecule is Nc1cccc(NS(=O)(=O)c2cc(O)ccc2O)c1. The van der Waals surface area contributed by atoms with Crippen LogP contribution < -0.4 is 10.5 Å². The van der Waals surface area contributed by atoms with Gasteiger partial charge in [-0.05, 0) is 30.3 Å². The summed E-state index contributed by atoms with van der Waals surface area (Å²) in [6, 6.07) is 9.42. The minimum Gasteiger partial charge on any atom is -0.508 e. The number of sulfonamides is 1. The van der Waals surface area contributed by atoms with E-state index in [0.29, 0.717) is 5.69 Å². The first-order chi connectivity index (χ1) is 8.88. The third kappa shape index (κ3) is 2.89. The number of rotatable bonds is 3. The normalized spacial score (nSPS) is 11.2. The largest absolute Gasteiger partial charge is 0.508 e. The Bertz CT molecular complexity index is 713. The summed E-state index contributed by atoms with van der Waals surface area (Å²) < 4.78 is 26.4. The summed E-state index contributed by atoms with van der Waals surface area (Å²) in [4.78, 5) is -0.407. The van der Waals surface area contributed by atoms with E-state index in [1.807, 2.05) is 0 Å². The van der Waals surface area contributed by atoms with Gasteiger partial charge in [0.2, 0.25) is 0 Å². The Kier molecular flexibility index (Phi) is 3.22. The summed E-state index contributed by atoms with van der Waals surface area (Å²) in [6.07, 6.45) is 0. The van der Waals surface area contributed by atoms with Gasteiger partial charge in [0.1, 0.15) is 16.4 Å². The van der Waals surface area contributed by atoms with Crippen LogP contribution >= 0.6 is 0 Å². The number of hydrogen-bond donors (Lipinski definition) is 4. The fraction of sp³-hybridized carbons (Fsp3) is 0. The van der Waals surface area contributed by atoms with Crippen LogP contribution in [-0.4, -0.2) is 18.6 Å². The van der Waals surface area contributed by atoms with Crippen molar-refractivity contribution in [3.05, 3.63) is 42.5 Å². The van der Waals surface area contributed by atoms with E-state index in [2.05, 4.69) is 4.72 Å². The molecular formula is C12H12N2O4S. The fourth-order valence-electron chi connectivity index (χ4n) is 1.53. The van der Waals surface area contributed by atoms with E-state index in [-0.39, 0.29) is 11.4 Å². The van der Waals surface area contributed by atoms with E-state index >= 15 is 0 Å². The zero-order valence-electron chi connectivity index (χ0n) is 9.74. The molecule has 2 rings (SSSR count). The Morgan fingerprint density at radius 2 is 1.79 bits per heavy atom. The van der Waals surface area contributed by atoms with Gasteiger partial charge in [0.15, 0.2) is 0 Å². The molecule has 6 nitrogen and oxygen atoms in total. The molecule has 0 saturated heterocycles. The lowest BCUT2D eigenvalue weighted by molar-refractivity contribution is 0.445. The molecule has 7 heteroatoms. The molecule has 2 aromatic rings. The summed E-state index contributed by atoms with van der Waals surface area (Å²) in [5.74, 6) is -0.708. The number of nitrogen functional groups attached to an aromatic ring is 1. The molecule has 19 heavy (non-hydrogen) atoms. The number of aromatic hydroxyl groups is 2. The van der Waals surface area contributed by atoms with Crippen LogP contribution in [0.1, 0.15) is 0 Å². The van der Waals surface area contributed by atoms with Gasteiger partial charge >= 0.3 is 0 Å². The average molecular weight is 280 g/mol. The van der Waals surface area contributed by atoms with E-state index in [0.717, 1.165) is 12.1 Å². The lowest BCUT2D eigenvalue weighted by atomic mass is 10.3. The molecule has 0 spiro atoms. The summed E-state index contributed by atoms with van der Waals surface area (Å²) in [6.45, 7) is 0. The molecule has 0 bridgehead atoms. The summed E-state index contributed by atoms with van der Waals surface area (Å²) >= 11 is 0. The van der Waals surface area contributed by atoms with E-state index < -0.39 is 20.7 Å². The number of anilines is 2. The molecule has 0 radical (unpaired) electrons. The van der Waals surface area contributed by atoms with Crippen molar-refractivity contribution in [2.45, 2.75) is 4.90 Å². The summed E-state index contributed by atoms with van der Waals surface area (Å²) in [7, 11) is -4.00. The molecule has 0 aliphatic heterocycles. The van der Waals surface area contributed by atoms with Crippen molar-refractivity contribution >= 4 is 21.4 Å². The van der Waals surface area contributed by atoms with Crippen molar-refractivity contribution in [2.75, 3.05) is 10.5 Å². The van der Waals surface area contributed by atoms with Crippen molar-refractivity contribution in [1.29, 1.82) is 0 Å². The molecule has 0 saturated carbocycles. The Hall–Kier alpha value is -2.41. The maximum absolute atomic E-state index is 12.1. The maximum atomic E-state index is 12.1. The van der Waals surface area contributed by atoms with E-state index in [9.17, 15) is 18.6 Å². The molecule has 0 aliphatic rings. The van der Waals surface area contributed by atoms with Crippen LogP contribution in [0.2, 0.25) is 0 Å². The molecule has 0 heterocycles. The topological polar surface area (TPSA) is 113 Å². The number of phenols is 2. The minimum atomic E-state index is -4.00. The van der Waals surface area contributed by atoms with Crippen LogP contribution in [0.25, 0.3) is 0 Å². The summed E-state index contributed by atoms with van der Waals surface area (Å²) in [5.41, 5.74) is 6.22. The Balaban J connectivity index is 2.40. The number of hydrogen-bond acceptors (Lipinski definition) is 5. The summed E-state index contributed by atoms with van der Waals surface area (Å²) in [5, 5.41) is 18.8. The van der Waals surface area contributed by atoms with E-state index in [1.54, 1.807) is 12.1 Å². The third-order valence-corrected chi connectivity index (χ3v) is 3.78. The van der Waals surface area contributed by atoms with Crippen molar-refractivity contribution in [3.8, 4) is 11.5 Å². The van der Waals surface area contributed by atoms with E-state index in [1.165, 1.54) is 18.2 Å². The second-order valence-electron chi connectivity index (χ2n) is 3.88. The Morgan fingerprint density at radius 1 is 1.05 bits per heavy atom. The van der Waals surface area contributed by atoms with Crippen molar-refractivity contribution < 1.29 is 18.6 Å². The lowest BCUT2D eigenvalue weighted by Crippen LogP contribution is -2.13. The van der Waals surface area contributed by atoms with Crippen LogP contribution in [0.15, 0.2) is 47.4 Å². The molecule has 0 aliphatic carbocycles. The van der Waals surface area contributed by atoms with Gasteiger partial charge in [0, 0.05) is 11.8 Å². The quantitative estimate of drug-likeness (QED) is 0.502. The van der Waals surface area contributed by atoms with Crippen molar-refractivity contribution in [1.82, 2.24) is 0 Å². The van der Waals surface area contributed by atoms with Crippen molar-refractivity contribution in [3.63, 3.8) is 0 Å². The van der Waals surface area contributed by atoms with Crippen LogP contribution in [0.4, 0.5) is 11.4 Å². The number of nitrogens with one attached hydrogen (secondary N) is 1. The molecular weight excluding hydrogens is 268 g/mol. The fourth-order valence-corrected chi connectivity index (χ4v) is 2.70. The van der Waals surface area contributed by atoms with Gasteiger partial charge in [-0.3, -0.25) is 4.72 Å². The molecule has 5 N–H and O–H groups in total. The first-order valence-electron chi connectivity index (χ1n) is 5.29. The predicted octanol–water partition coefficient (Wildman–Crippen LogP) is 1.48. The minimum absolute atomic E-state index is 0.259. The van der Waals surface area contributed by atoms with Crippen LogP contribution in [0, 0.1) is 0 Å². The van der Waals surface area contributed by atoms with Gasteiger partial charge in [0.05, 0.1) is 5.69 Å². The average Bonchev–Trinajstić information content (AvgIpc) is 2.31. The van der Waals surface area contributed by atoms with Crippen molar-refractivity contribution in [2.24, 2.45) is 0 Å². The molecule has 2 aromatic carbocycles. The number of nitrogens with two attached hydrogens (primary N) is 1. The van der Waals surface area contributed by atoms with Crippen LogP contribution in [0.3, 0.4) is 0 Å². The highest BCUT2D eigenvalue weighted by Gasteiger charge is 2.19. The first-order valence-corrected chi connectivity index (χ1v) is 6.77. The van der Waals surface area contributed by atoms with Gasteiger partial charge in [-0.1, -0.05) is 6.07 Å². The van der Waals surface area contributed by atoms with Gasteiger partial charge in [-0.25, -0.2) is 8.42 Å².